The largest absolute Gasteiger partial charge is 0.452 e. The predicted octanol–water partition coefficient (Wildman–Crippen LogP) is 1.64. The van der Waals surface area contributed by atoms with Gasteiger partial charge in [0.1, 0.15) is 0 Å². The normalized spacial score (nSPS) is 10.3. The molecule has 0 spiro atoms. The number of methoxy groups -OCH3 is 1. The van der Waals surface area contributed by atoms with Gasteiger partial charge in [-0.25, -0.2) is 0 Å². The molecule has 2 aromatic rings. The third-order valence-corrected chi connectivity index (χ3v) is 2.19. The molecule has 0 aliphatic carbocycles. The molecule has 0 bridgehead atoms. The zero-order valence-corrected chi connectivity index (χ0v) is 8.52. The summed E-state index contributed by atoms with van der Waals surface area (Å²) in [4.78, 5) is 0. The summed E-state index contributed by atoms with van der Waals surface area (Å²) in [5.74, 6) is 0.414. The maximum Gasteiger partial charge on any atom is 0.414 e. The summed E-state index contributed by atoms with van der Waals surface area (Å²) in [6.45, 7) is 1.90. The van der Waals surface area contributed by atoms with Crippen molar-refractivity contribution < 1.29 is 9.15 Å². The van der Waals surface area contributed by atoms with Crippen molar-refractivity contribution >= 4 is 5.69 Å². The Morgan fingerprint density at radius 1 is 1.33 bits per heavy atom. The predicted molar refractivity (Wildman–Crippen MR) is 55.4 cm³/mol. The first-order chi connectivity index (χ1) is 7.22. The third-order valence-electron chi connectivity index (χ3n) is 2.19. The molecule has 0 unspecified atom stereocenters. The third kappa shape index (κ3) is 1.63. The first kappa shape index (κ1) is 9.51. The molecule has 2 N–H and O–H groups in total. The molecule has 0 aliphatic heterocycles. The highest BCUT2D eigenvalue weighted by Gasteiger charge is 2.11. The zero-order chi connectivity index (χ0) is 10.8. The number of anilines is 1. The number of ether oxygens (including phenoxy) is 1. The van der Waals surface area contributed by atoms with Gasteiger partial charge in [-0.3, -0.25) is 0 Å². The lowest BCUT2D eigenvalue weighted by molar-refractivity contribution is 0.293. The number of hydrogen-bond acceptors (Lipinski definition) is 5. The minimum absolute atomic E-state index is 0.145. The standard InChI is InChI=1S/C10H11N3O2/c1-6-7(4-3-5-8(6)11)9-12-13-10(14-2)15-9/h3-5H,11H2,1-2H3. The molecule has 0 aliphatic rings. The van der Waals surface area contributed by atoms with E-state index in [9.17, 15) is 0 Å². The first-order valence-electron chi connectivity index (χ1n) is 4.45. The van der Waals surface area contributed by atoms with Crippen LogP contribution in [0.4, 0.5) is 5.69 Å². The van der Waals surface area contributed by atoms with Gasteiger partial charge in [-0.1, -0.05) is 11.2 Å². The lowest BCUT2D eigenvalue weighted by Gasteiger charge is -2.03. The summed E-state index contributed by atoms with van der Waals surface area (Å²) in [6, 6.07) is 5.54. The summed E-state index contributed by atoms with van der Waals surface area (Å²) in [6.07, 6.45) is 0.145. The molecular formula is C10H11N3O2. The molecule has 0 radical (unpaired) electrons. The summed E-state index contributed by atoms with van der Waals surface area (Å²) in [5.41, 5.74) is 8.22. The zero-order valence-electron chi connectivity index (χ0n) is 8.52. The molecule has 2 rings (SSSR count). The fraction of sp³-hybridized carbons (Fsp3) is 0.200. The van der Waals surface area contributed by atoms with Crippen LogP contribution in [0.1, 0.15) is 5.56 Å². The van der Waals surface area contributed by atoms with E-state index in [-0.39, 0.29) is 6.08 Å². The van der Waals surface area contributed by atoms with Crippen LogP contribution in [0.15, 0.2) is 22.6 Å². The summed E-state index contributed by atoms with van der Waals surface area (Å²) >= 11 is 0. The summed E-state index contributed by atoms with van der Waals surface area (Å²) in [5, 5.41) is 7.56. The molecule has 1 heterocycles. The van der Waals surface area contributed by atoms with Crippen molar-refractivity contribution in [3.05, 3.63) is 23.8 Å². The van der Waals surface area contributed by atoms with E-state index in [1.807, 2.05) is 25.1 Å². The molecule has 0 saturated heterocycles. The highest BCUT2D eigenvalue weighted by molar-refractivity contribution is 5.66. The molecule has 0 amide bonds. The van der Waals surface area contributed by atoms with E-state index in [0.717, 1.165) is 11.1 Å². The number of benzene rings is 1. The van der Waals surface area contributed by atoms with E-state index < -0.39 is 0 Å². The smallest absolute Gasteiger partial charge is 0.414 e. The monoisotopic (exact) mass is 205 g/mol. The maximum atomic E-state index is 5.78. The Hall–Kier alpha value is -2.04. The quantitative estimate of drug-likeness (QED) is 0.754. The lowest BCUT2D eigenvalue weighted by atomic mass is 10.1. The van der Waals surface area contributed by atoms with E-state index in [0.29, 0.717) is 11.6 Å². The van der Waals surface area contributed by atoms with Gasteiger partial charge in [-0.15, -0.1) is 5.10 Å². The van der Waals surface area contributed by atoms with Crippen LogP contribution in [0.2, 0.25) is 0 Å². The fourth-order valence-electron chi connectivity index (χ4n) is 1.29. The van der Waals surface area contributed by atoms with Gasteiger partial charge < -0.3 is 14.9 Å². The Balaban J connectivity index is 2.49. The van der Waals surface area contributed by atoms with E-state index in [1.54, 1.807) is 0 Å². The van der Waals surface area contributed by atoms with Gasteiger partial charge in [0.15, 0.2) is 0 Å². The molecule has 1 aromatic carbocycles. The van der Waals surface area contributed by atoms with Crippen molar-refractivity contribution in [3.63, 3.8) is 0 Å². The minimum atomic E-state index is 0.145. The number of hydrogen-bond donors (Lipinski definition) is 1. The Morgan fingerprint density at radius 2 is 2.13 bits per heavy atom. The number of nitrogens with zero attached hydrogens (tertiary/aromatic N) is 2. The molecule has 1 aromatic heterocycles. The van der Waals surface area contributed by atoms with E-state index in [2.05, 4.69) is 10.2 Å². The fourth-order valence-corrected chi connectivity index (χ4v) is 1.29. The van der Waals surface area contributed by atoms with E-state index in [4.69, 9.17) is 14.9 Å². The van der Waals surface area contributed by atoms with Crippen molar-refractivity contribution in [1.29, 1.82) is 0 Å². The molecule has 15 heavy (non-hydrogen) atoms. The lowest BCUT2D eigenvalue weighted by Crippen LogP contribution is -1.91. The number of nitrogens with two attached hydrogens (primary N) is 1. The highest BCUT2D eigenvalue weighted by atomic mass is 16.6. The van der Waals surface area contributed by atoms with Crippen LogP contribution in [0.25, 0.3) is 11.5 Å². The molecule has 0 saturated carbocycles. The van der Waals surface area contributed by atoms with Crippen LogP contribution in [-0.4, -0.2) is 17.3 Å². The molecule has 0 fully saturated rings. The van der Waals surface area contributed by atoms with Crippen LogP contribution in [-0.2, 0) is 0 Å². The highest BCUT2D eigenvalue weighted by Crippen LogP contribution is 2.27. The molecule has 5 heteroatoms. The second-order valence-corrected chi connectivity index (χ2v) is 3.10. The van der Waals surface area contributed by atoms with Crippen LogP contribution >= 0.6 is 0 Å². The van der Waals surface area contributed by atoms with Crippen molar-refractivity contribution in [1.82, 2.24) is 10.2 Å². The van der Waals surface area contributed by atoms with Crippen LogP contribution in [0, 0.1) is 6.92 Å². The van der Waals surface area contributed by atoms with Crippen molar-refractivity contribution in [3.8, 4) is 17.5 Å². The molecule has 5 nitrogen and oxygen atoms in total. The average molecular weight is 205 g/mol. The Morgan fingerprint density at radius 3 is 2.80 bits per heavy atom. The minimum Gasteiger partial charge on any atom is -0.452 e. The van der Waals surface area contributed by atoms with Crippen molar-refractivity contribution in [2.75, 3.05) is 12.8 Å². The maximum absolute atomic E-state index is 5.78. The number of nitrogen functional groups attached to an aromatic ring is 1. The Kier molecular flexibility index (Phi) is 2.29. The van der Waals surface area contributed by atoms with Crippen LogP contribution in [0.3, 0.4) is 0 Å². The first-order valence-corrected chi connectivity index (χ1v) is 4.45. The van der Waals surface area contributed by atoms with Crippen LogP contribution < -0.4 is 10.5 Å². The molecule has 78 valence electrons. The van der Waals surface area contributed by atoms with Crippen molar-refractivity contribution in [2.24, 2.45) is 0 Å². The van der Waals surface area contributed by atoms with Gasteiger partial charge in [0.05, 0.1) is 7.11 Å². The van der Waals surface area contributed by atoms with Crippen LogP contribution in [0.5, 0.6) is 6.08 Å². The van der Waals surface area contributed by atoms with E-state index in [1.165, 1.54) is 7.11 Å². The van der Waals surface area contributed by atoms with Gasteiger partial charge in [0.25, 0.3) is 5.89 Å². The summed E-state index contributed by atoms with van der Waals surface area (Å²) in [7, 11) is 1.48. The Bertz CT molecular complexity index is 479. The second-order valence-electron chi connectivity index (χ2n) is 3.10. The average Bonchev–Trinajstić information content (AvgIpc) is 2.70. The van der Waals surface area contributed by atoms with Gasteiger partial charge >= 0.3 is 6.08 Å². The Labute approximate surface area is 86.9 Å². The van der Waals surface area contributed by atoms with Gasteiger partial charge in [0, 0.05) is 11.3 Å². The number of aromatic nitrogens is 2. The number of rotatable bonds is 2. The summed E-state index contributed by atoms with van der Waals surface area (Å²) < 4.78 is 10.1. The topological polar surface area (TPSA) is 74.2 Å². The van der Waals surface area contributed by atoms with Gasteiger partial charge in [0.2, 0.25) is 0 Å². The SMILES string of the molecule is COc1nnc(-c2cccc(N)c2C)o1. The van der Waals surface area contributed by atoms with E-state index >= 15 is 0 Å². The second kappa shape index (κ2) is 3.61. The molecule has 0 atom stereocenters. The van der Waals surface area contributed by atoms with Gasteiger partial charge in [-0.05, 0) is 24.6 Å². The van der Waals surface area contributed by atoms with Gasteiger partial charge in [-0.2, -0.15) is 0 Å². The van der Waals surface area contributed by atoms with Crippen molar-refractivity contribution in [2.45, 2.75) is 6.92 Å². The molecular weight excluding hydrogens is 194 g/mol.